The number of carbonyl (C=O) groups excluding carboxylic acids is 4. The van der Waals surface area contributed by atoms with E-state index in [2.05, 4.69) is 29.6 Å². The van der Waals surface area contributed by atoms with Gasteiger partial charge in [-0.25, -0.2) is 9.59 Å². The van der Waals surface area contributed by atoms with Crippen LogP contribution in [0.25, 0.3) is 11.1 Å². The Kier molecular flexibility index (Phi) is 7.27. The molecule has 1 unspecified atom stereocenters. The lowest BCUT2D eigenvalue weighted by molar-refractivity contribution is -0.173. The largest absolute Gasteiger partial charge is 0.448 e. The Morgan fingerprint density at radius 2 is 1.29 bits per heavy atom. The minimum Gasteiger partial charge on any atom is -0.448 e. The van der Waals surface area contributed by atoms with E-state index in [1.807, 2.05) is 31.2 Å². The van der Waals surface area contributed by atoms with Gasteiger partial charge in [0.25, 0.3) is 11.8 Å². The van der Waals surface area contributed by atoms with E-state index in [0.29, 0.717) is 23.6 Å². The van der Waals surface area contributed by atoms with Crippen LogP contribution in [0.1, 0.15) is 56.7 Å². The highest BCUT2D eigenvalue weighted by Crippen LogP contribution is 2.44. The highest BCUT2D eigenvalue weighted by Gasteiger charge is 2.39. The van der Waals surface area contributed by atoms with Crippen LogP contribution in [0.5, 0.6) is 0 Å². The van der Waals surface area contributed by atoms with Crippen LogP contribution in [-0.2, 0) is 20.8 Å². The van der Waals surface area contributed by atoms with Crippen molar-refractivity contribution < 1.29 is 28.8 Å². The number of benzene rings is 4. The molecule has 0 aromatic heterocycles. The SMILES string of the molecule is CCC(Cc1ccc(NC(=O)OCC2c3ccccc3-c3ccccc32)cc1)C(=O)ON1C(=O)c2ccccc2C1=O. The van der Waals surface area contributed by atoms with Gasteiger partial charge in [-0.1, -0.05) is 84.8 Å². The fourth-order valence-corrected chi connectivity index (χ4v) is 5.57. The zero-order valence-electron chi connectivity index (χ0n) is 22.9. The molecule has 8 nitrogen and oxygen atoms in total. The summed E-state index contributed by atoms with van der Waals surface area (Å²) >= 11 is 0. The molecule has 1 aliphatic heterocycles. The molecule has 6 rings (SSSR count). The molecule has 1 N–H and O–H groups in total. The molecule has 4 aromatic carbocycles. The van der Waals surface area contributed by atoms with Crippen molar-refractivity contribution in [2.45, 2.75) is 25.7 Å². The number of hydrogen-bond acceptors (Lipinski definition) is 6. The number of nitrogens with one attached hydrogen (secondary N) is 1. The molecule has 1 heterocycles. The van der Waals surface area contributed by atoms with Crippen molar-refractivity contribution in [1.82, 2.24) is 5.06 Å². The van der Waals surface area contributed by atoms with Crippen LogP contribution in [0.2, 0.25) is 0 Å². The second-order valence-corrected chi connectivity index (χ2v) is 10.3. The third-order valence-electron chi connectivity index (χ3n) is 7.79. The summed E-state index contributed by atoms with van der Waals surface area (Å²) in [6.07, 6.45) is 0.228. The first kappa shape index (κ1) is 27.0. The number of amides is 3. The predicted octanol–water partition coefficient (Wildman–Crippen LogP) is 6.37. The molecule has 2 aliphatic rings. The van der Waals surface area contributed by atoms with Gasteiger partial charge in [0.15, 0.2) is 0 Å². The highest BCUT2D eigenvalue weighted by atomic mass is 16.7. The monoisotopic (exact) mass is 560 g/mol. The third kappa shape index (κ3) is 5.03. The second kappa shape index (κ2) is 11.3. The molecule has 0 bridgehead atoms. The first-order valence-electron chi connectivity index (χ1n) is 13.8. The maximum atomic E-state index is 12.9. The number of imide groups is 1. The van der Waals surface area contributed by atoms with Crippen molar-refractivity contribution in [2.75, 3.05) is 11.9 Å². The molecule has 0 spiro atoms. The van der Waals surface area contributed by atoms with Gasteiger partial charge in [-0.15, -0.1) is 0 Å². The van der Waals surface area contributed by atoms with Gasteiger partial charge in [0.1, 0.15) is 6.61 Å². The average molecular weight is 561 g/mol. The van der Waals surface area contributed by atoms with Gasteiger partial charge in [0, 0.05) is 11.6 Å². The first-order chi connectivity index (χ1) is 20.4. The molecule has 0 radical (unpaired) electrons. The normalized spacial score (nSPS) is 14.2. The molecule has 42 heavy (non-hydrogen) atoms. The maximum Gasteiger partial charge on any atom is 0.411 e. The van der Waals surface area contributed by atoms with E-state index >= 15 is 0 Å². The van der Waals surface area contributed by atoms with Gasteiger partial charge in [-0.05, 0) is 64.9 Å². The molecule has 1 aliphatic carbocycles. The Balaban J connectivity index is 1.03. The topological polar surface area (TPSA) is 102 Å². The molecule has 3 amide bonds. The lowest BCUT2D eigenvalue weighted by Gasteiger charge is -2.18. The summed E-state index contributed by atoms with van der Waals surface area (Å²) < 4.78 is 5.62. The number of fused-ring (bicyclic) bond motifs is 4. The Bertz CT molecular complexity index is 1620. The summed E-state index contributed by atoms with van der Waals surface area (Å²) in [7, 11) is 0. The van der Waals surface area contributed by atoms with E-state index < -0.39 is 29.8 Å². The Hall–Kier alpha value is -5.24. The number of hydrogen-bond donors (Lipinski definition) is 1. The van der Waals surface area contributed by atoms with E-state index in [9.17, 15) is 19.2 Å². The molecule has 8 heteroatoms. The highest BCUT2D eigenvalue weighted by molar-refractivity contribution is 6.20. The molecule has 0 fully saturated rings. The second-order valence-electron chi connectivity index (χ2n) is 10.3. The smallest absolute Gasteiger partial charge is 0.411 e. The summed E-state index contributed by atoms with van der Waals surface area (Å²) in [6.45, 7) is 2.05. The molecule has 210 valence electrons. The standard InChI is InChI=1S/C34H28N2O6/c1-2-22(33(39)42-36-31(37)28-13-7-8-14-29(28)32(36)38)19-21-15-17-23(18-16-21)35-34(40)41-20-30-26-11-5-3-9-24(26)25-10-4-6-12-27(25)30/h3-18,22,30H,2,19-20H2,1H3,(H,35,40). The molecule has 4 aromatic rings. The summed E-state index contributed by atoms with van der Waals surface area (Å²) in [5, 5.41) is 3.30. The summed E-state index contributed by atoms with van der Waals surface area (Å²) in [5.74, 6) is -2.57. The van der Waals surface area contributed by atoms with Crippen molar-refractivity contribution in [1.29, 1.82) is 0 Å². The fourth-order valence-electron chi connectivity index (χ4n) is 5.57. The molecule has 1 atom stereocenters. The van der Waals surface area contributed by atoms with Crippen molar-refractivity contribution in [2.24, 2.45) is 5.92 Å². The fraction of sp³-hybridized carbons (Fsp3) is 0.176. The quantitative estimate of drug-likeness (QED) is 0.251. The minimum atomic E-state index is -0.659. The van der Waals surface area contributed by atoms with Crippen LogP contribution in [0, 0.1) is 5.92 Å². The first-order valence-corrected chi connectivity index (χ1v) is 13.8. The van der Waals surface area contributed by atoms with Gasteiger partial charge in [-0.2, -0.15) is 0 Å². The summed E-state index contributed by atoms with van der Waals surface area (Å²) in [6, 6.07) is 29.7. The van der Waals surface area contributed by atoms with E-state index in [4.69, 9.17) is 9.57 Å². The van der Waals surface area contributed by atoms with Crippen LogP contribution < -0.4 is 5.32 Å². The van der Waals surface area contributed by atoms with Crippen molar-refractivity contribution in [3.63, 3.8) is 0 Å². The van der Waals surface area contributed by atoms with Crippen molar-refractivity contribution in [3.8, 4) is 11.1 Å². The Labute approximate surface area is 242 Å². The number of anilines is 1. The van der Waals surface area contributed by atoms with Crippen LogP contribution in [0.4, 0.5) is 10.5 Å². The number of hydroxylamine groups is 2. The Morgan fingerprint density at radius 3 is 1.83 bits per heavy atom. The molecule has 0 saturated heterocycles. The van der Waals surface area contributed by atoms with E-state index in [1.165, 1.54) is 12.1 Å². The summed E-state index contributed by atoms with van der Waals surface area (Å²) in [5.41, 5.74) is 6.42. The number of ether oxygens (including phenoxy) is 1. The van der Waals surface area contributed by atoms with Crippen molar-refractivity contribution in [3.05, 3.63) is 125 Å². The van der Waals surface area contributed by atoms with Crippen LogP contribution in [-0.4, -0.2) is 35.5 Å². The molecule has 0 saturated carbocycles. The van der Waals surface area contributed by atoms with Gasteiger partial charge in [-0.3, -0.25) is 14.9 Å². The lowest BCUT2D eigenvalue weighted by atomic mass is 9.97. The van der Waals surface area contributed by atoms with Gasteiger partial charge >= 0.3 is 12.1 Å². The Morgan fingerprint density at radius 1 is 0.762 bits per heavy atom. The molecular weight excluding hydrogens is 532 g/mol. The number of carbonyl (C=O) groups is 4. The van der Waals surface area contributed by atoms with Gasteiger partial charge in [0.2, 0.25) is 0 Å². The van der Waals surface area contributed by atoms with E-state index in [1.54, 1.807) is 36.4 Å². The number of nitrogens with zero attached hydrogens (tertiary/aromatic N) is 1. The lowest BCUT2D eigenvalue weighted by Crippen LogP contribution is -2.35. The number of rotatable bonds is 8. The van der Waals surface area contributed by atoms with E-state index in [-0.39, 0.29) is 23.7 Å². The van der Waals surface area contributed by atoms with Crippen LogP contribution in [0.3, 0.4) is 0 Å². The minimum absolute atomic E-state index is 0.0310. The molecular formula is C34H28N2O6. The zero-order valence-corrected chi connectivity index (χ0v) is 22.9. The van der Waals surface area contributed by atoms with E-state index in [0.717, 1.165) is 27.8 Å². The predicted molar refractivity (Wildman–Crippen MR) is 156 cm³/mol. The maximum absolute atomic E-state index is 12.9. The third-order valence-corrected chi connectivity index (χ3v) is 7.79. The summed E-state index contributed by atoms with van der Waals surface area (Å²) in [4.78, 5) is 55.9. The zero-order chi connectivity index (χ0) is 29.2. The average Bonchev–Trinajstić information content (AvgIpc) is 3.46. The van der Waals surface area contributed by atoms with Crippen LogP contribution in [0.15, 0.2) is 97.1 Å². The van der Waals surface area contributed by atoms with Gasteiger partial charge < -0.3 is 9.57 Å². The van der Waals surface area contributed by atoms with Gasteiger partial charge in [0.05, 0.1) is 17.0 Å². The van der Waals surface area contributed by atoms with Crippen LogP contribution >= 0.6 is 0 Å². The van der Waals surface area contributed by atoms with Crippen molar-refractivity contribution >= 4 is 29.6 Å².